The molecule has 6 nitrogen and oxygen atoms in total. The average Bonchev–Trinajstić information content (AvgIpc) is 3.40. The summed E-state index contributed by atoms with van der Waals surface area (Å²) in [5.41, 5.74) is 2.12. The Morgan fingerprint density at radius 1 is 1.33 bits per heavy atom. The molecule has 0 radical (unpaired) electrons. The predicted octanol–water partition coefficient (Wildman–Crippen LogP) is 4.24. The van der Waals surface area contributed by atoms with Gasteiger partial charge in [0.15, 0.2) is 5.58 Å². The molecular formula is C19H23N3O3S2. The minimum atomic E-state index is -3.59. The molecule has 1 fully saturated rings. The van der Waals surface area contributed by atoms with Crippen LogP contribution < -0.4 is 15.4 Å². The van der Waals surface area contributed by atoms with Crippen molar-refractivity contribution in [3.8, 4) is 0 Å². The number of hydrogen-bond donors (Lipinski definition) is 3. The Morgan fingerprint density at radius 2 is 2.22 bits per heavy atom. The molecule has 27 heavy (non-hydrogen) atoms. The van der Waals surface area contributed by atoms with Crippen molar-refractivity contribution < 1.29 is 12.8 Å². The fourth-order valence-corrected chi connectivity index (χ4v) is 5.64. The van der Waals surface area contributed by atoms with E-state index in [1.165, 1.54) is 17.8 Å². The van der Waals surface area contributed by atoms with Gasteiger partial charge in [-0.2, -0.15) is 0 Å². The lowest BCUT2D eigenvalue weighted by atomic mass is 9.94. The quantitative estimate of drug-likeness (QED) is 0.548. The molecule has 1 aromatic carbocycles. The maximum Gasteiger partial charge on any atom is 0.271 e. The first-order chi connectivity index (χ1) is 13.0. The summed E-state index contributed by atoms with van der Waals surface area (Å²) < 4.78 is 33.7. The summed E-state index contributed by atoms with van der Waals surface area (Å²) in [5, 5.41) is 9.68. The van der Waals surface area contributed by atoms with Gasteiger partial charge >= 0.3 is 0 Å². The smallest absolute Gasteiger partial charge is 0.271 e. The zero-order chi connectivity index (χ0) is 18.9. The number of fused-ring (bicyclic) bond motifs is 1. The fourth-order valence-electron chi connectivity index (χ4n) is 3.60. The molecule has 1 aliphatic heterocycles. The summed E-state index contributed by atoms with van der Waals surface area (Å²) >= 11 is 1.20. The number of anilines is 2. The number of furan rings is 1. The van der Waals surface area contributed by atoms with E-state index in [2.05, 4.69) is 22.3 Å². The van der Waals surface area contributed by atoms with Crippen LogP contribution in [0.1, 0.15) is 26.2 Å². The van der Waals surface area contributed by atoms with Gasteiger partial charge in [0.05, 0.1) is 17.6 Å². The second kappa shape index (κ2) is 7.18. The molecule has 0 saturated carbocycles. The van der Waals surface area contributed by atoms with Crippen molar-refractivity contribution in [2.45, 2.75) is 35.9 Å². The molecule has 1 aliphatic rings. The van der Waals surface area contributed by atoms with Gasteiger partial charge in [0.1, 0.15) is 4.21 Å². The highest BCUT2D eigenvalue weighted by Crippen LogP contribution is 2.32. The highest BCUT2D eigenvalue weighted by atomic mass is 32.2. The van der Waals surface area contributed by atoms with Gasteiger partial charge in [-0.1, -0.05) is 13.0 Å². The van der Waals surface area contributed by atoms with Crippen LogP contribution in [0.25, 0.3) is 11.0 Å². The van der Waals surface area contributed by atoms with Gasteiger partial charge in [-0.3, -0.25) is 4.72 Å². The standard InChI is InChI=1S/C19H23N3O3S2/c1-2-19(7-4-8-21-19)13-20-16-12-15(11-14-6-9-25-18(14)16)22-27(23,24)17-5-3-10-26-17/h3,5-6,9-12,20-22H,2,4,7-8,13H2,1H3/t19-/m1/s1. The maximum absolute atomic E-state index is 12.6. The summed E-state index contributed by atoms with van der Waals surface area (Å²) in [4.78, 5) is 0. The van der Waals surface area contributed by atoms with Crippen molar-refractivity contribution in [1.82, 2.24) is 5.32 Å². The molecule has 3 N–H and O–H groups in total. The zero-order valence-corrected chi connectivity index (χ0v) is 16.8. The average molecular weight is 406 g/mol. The van der Waals surface area contributed by atoms with E-state index in [-0.39, 0.29) is 5.54 Å². The van der Waals surface area contributed by atoms with Crippen LogP contribution >= 0.6 is 11.3 Å². The Labute approximate surface area is 163 Å². The molecule has 0 bridgehead atoms. The molecule has 4 rings (SSSR count). The molecule has 8 heteroatoms. The Kier molecular flexibility index (Phi) is 4.88. The second-order valence-corrected chi connectivity index (χ2v) is 9.78. The third-order valence-corrected chi connectivity index (χ3v) is 7.97. The summed E-state index contributed by atoms with van der Waals surface area (Å²) in [6.07, 6.45) is 4.96. The first-order valence-corrected chi connectivity index (χ1v) is 11.4. The molecular weight excluding hydrogens is 382 g/mol. The number of hydrogen-bond acceptors (Lipinski definition) is 6. The molecule has 0 unspecified atom stereocenters. The minimum absolute atomic E-state index is 0.0748. The SMILES string of the molecule is CC[C@]1(CNc2cc(NS(=O)(=O)c3cccs3)cc3ccoc23)CCCN1. The number of rotatable bonds is 7. The highest BCUT2D eigenvalue weighted by Gasteiger charge is 2.31. The Bertz CT molecular complexity index is 1020. The number of thiophene rings is 1. The van der Waals surface area contributed by atoms with E-state index in [1.807, 2.05) is 6.07 Å². The zero-order valence-electron chi connectivity index (χ0n) is 15.1. The Morgan fingerprint density at radius 3 is 2.93 bits per heavy atom. The van der Waals surface area contributed by atoms with Crippen molar-refractivity contribution in [1.29, 1.82) is 0 Å². The normalized spacial score (nSPS) is 20.2. The largest absolute Gasteiger partial charge is 0.462 e. The van der Waals surface area contributed by atoms with E-state index in [4.69, 9.17) is 4.42 Å². The van der Waals surface area contributed by atoms with Gasteiger partial charge in [0, 0.05) is 17.5 Å². The molecule has 2 aromatic heterocycles. The first-order valence-electron chi connectivity index (χ1n) is 9.08. The Hall–Kier alpha value is -2.03. The van der Waals surface area contributed by atoms with Crippen LogP contribution in [0.3, 0.4) is 0 Å². The predicted molar refractivity (Wildman–Crippen MR) is 110 cm³/mol. The summed E-state index contributed by atoms with van der Waals surface area (Å²) in [6, 6.07) is 8.75. The minimum Gasteiger partial charge on any atom is -0.462 e. The lowest BCUT2D eigenvalue weighted by Gasteiger charge is -2.29. The van der Waals surface area contributed by atoms with E-state index in [0.717, 1.165) is 42.6 Å². The van der Waals surface area contributed by atoms with Gasteiger partial charge in [-0.05, 0) is 55.5 Å². The van der Waals surface area contributed by atoms with Crippen LogP contribution in [0.5, 0.6) is 0 Å². The van der Waals surface area contributed by atoms with E-state index < -0.39 is 10.0 Å². The van der Waals surface area contributed by atoms with Crippen LogP contribution in [0.4, 0.5) is 11.4 Å². The molecule has 3 aromatic rings. The van der Waals surface area contributed by atoms with Gasteiger partial charge in [0.2, 0.25) is 0 Å². The number of nitrogens with one attached hydrogen (secondary N) is 3. The van der Waals surface area contributed by atoms with Crippen molar-refractivity contribution in [3.05, 3.63) is 42.0 Å². The second-order valence-electron chi connectivity index (χ2n) is 6.92. The summed E-state index contributed by atoms with van der Waals surface area (Å²) in [7, 11) is -3.59. The topological polar surface area (TPSA) is 83.4 Å². The molecule has 0 aliphatic carbocycles. The van der Waals surface area contributed by atoms with Crippen molar-refractivity contribution in [3.63, 3.8) is 0 Å². The van der Waals surface area contributed by atoms with E-state index in [9.17, 15) is 8.42 Å². The maximum atomic E-state index is 12.6. The van der Waals surface area contributed by atoms with Gasteiger partial charge in [-0.25, -0.2) is 8.42 Å². The van der Waals surface area contributed by atoms with Crippen LogP contribution in [-0.4, -0.2) is 27.0 Å². The molecule has 144 valence electrons. The van der Waals surface area contributed by atoms with E-state index in [0.29, 0.717) is 9.90 Å². The van der Waals surface area contributed by atoms with Crippen LogP contribution in [0.15, 0.2) is 50.6 Å². The van der Waals surface area contributed by atoms with E-state index >= 15 is 0 Å². The highest BCUT2D eigenvalue weighted by molar-refractivity contribution is 7.94. The van der Waals surface area contributed by atoms with Gasteiger partial charge in [0.25, 0.3) is 10.0 Å². The number of benzene rings is 1. The molecule has 1 atom stereocenters. The van der Waals surface area contributed by atoms with E-state index in [1.54, 1.807) is 35.9 Å². The third-order valence-electron chi connectivity index (χ3n) is 5.19. The monoisotopic (exact) mass is 405 g/mol. The third kappa shape index (κ3) is 3.69. The molecule has 1 saturated heterocycles. The Balaban J connectivity index is 1.62. The molecule has 3 heterocycles. The number of sulfonamides is 1. The van der Waals surface area contributed by atoms with Crippen molar-refractivity contribution in [2.24, 2.45) is 0 Å². The van der Waals surface area contributed by atoms with Crippen LogP contribution in [0.2, 0.25) is 0 Å². The lowest BCUT2D eigenvalue weighted by Crippen LogP contribution is -2.45. The van der Waals surface area contributed by atoms with Gasteiger partial charge in [-0.15, -0.1) is 11.3 Å². The summed E-state index contributed by atoms with van der Waals surface area (Å²) in [6.45, 7) is 3.99. The first kappa shape index (κ1) is 18.3. The summed E-state index contributed by atoms with van der Waals surface area (Å²) in [5.74, 6) is 0. The van der Waals surface area contributed by atoms with Crippen molar-refractivity contribution in [2.75, 3.05) is 23.1 Å². The molecule has 0 amide bonds. The van der Waals surface area contributed by atoms with Crippen LogP contribution in [0, 0.1) is 0 Å². The fraction of sp³-hybridized carbons (Fsp3) is 0.368. The van der Waals surface area contributed by atoms with Gasteiger partial charge < -0.3 is 15.1 Å². The van der Waals surface area contributed by atoms with Crippen molar-refractivity contribution >= 4 is 43.7 Å². The molecule has 0 spiro atoms. The lowest BCUT2D eigenvalue weighted by molar-refractivity contribution is 0.383. The van der Waals surface area contributed by atoms with Crippen LogP contribution in [-0.2, 0) is 10.0 Å².